The van der Waals surface area contributed by atoms with Gasteiger partial charge in [-0.1, -0.05) is 0 Å². The fourth-order valence-electron chi connectivity index (χ4n) is 1.15. The van der Waals surface area contributed by atoms with E-state index in [1.54, 1.807) is 4.57 Å². The summed E-state index contributed by atoms with van der Waals surface area (Å²) in [4.78, 5) is 7.20. The first-order chi connectivity index (χ1) is 6.20. The van der Waals surface area contributed by atoms with Crippen LogP contribution in [0.15, 0.2) is 23.1 Å². The summed E-state index contributed by atoms with van der Waals surface area (Å²) in [5.41, 5.74) is 7.55. The smallest absolute Gasteiger partial charge is 0.201 e. The first-order valence-electron chi connectivity index (χ1n) is 3.81. The molecule has 13 heavy (non-hydrogen) atoms. The van der Waals surface area contributed by atoms with E-state index in [-0.39, 0.29) is 0 Å². The number of H-pyrrole nitrogens is 1. The van der Waals surface area contributed by atoms with Crippen molar-refractivity contribution in [1.82, 2.24) is 14.5 Å². The lowest BCUT2D eigenvalue weighted by Gasteiger charge is -1.94. The molecule has 0 unspecified atom stereocenters. The molecular formula is C8H9BrN4. The number of nitrogen functional groups attached to an aromatic ring is 1. The molecule has 0 spiro atoms. The maximum absolute atomic E-state index is 5.66. The molecule has 2 rings (SSSR count). The van der Waals surface area contributed by atoms with Crippen molar-refractivity contribution >= 4 is 21.9 Å². The monoisotopic (exact) mass is 240 g/mol. The van der Waals surface area contributed by atoms with Crippen LogP contribution in [0.5, 0.6) is 0 Å². The van der Waals surface area contributed by atoms with E-state index in [9.17, 15) is 0 Å². The molecule has 0 amide bonds. The number of rotatable bonds is 1. The number of halogens is 1. The van der Waals surface area contributed by atoms with Crippen molar-refractivity contribution in [2.75, 3.05) is 5.73 Å². The Hall–Kier alpha value is -1.23. The molecule has 0 atom stereocenters. The van der Waals surface area contributed by atoms with Gasteiger partial charge in [-0.2, -0.15) is 0 Å². The molecule has 5 heteroatoms. The zero-order valence-electron chi connectivity index (χ0n) is 7.08. The van der Waals surface area contributed by atoms with E-state index >= 15 is 0 Å². The minimum atomic E-state index is 0.503. The second-order valence-electron chi connectivity index (χ2n) is 2.77. The van der Waals surface area contributed by atoms with Crippen molar-refractivity contribution in [2.24, 2.45) is 7.05 Å². The van der Waals surface area contributed by atoms with Crippen molar-refractivity contribution in [3.05, 3.63) is 23.1 Å². The van der Waals surface area contributed by atoms with Crippen LogP contribution in [0.4, 0.5) is 5.95 Å². The lowest BCUT2D eigenvalue weighted by Crippen LogP contribution is -1.96. The Morgan fingerprint density at radius 3 is 2.85 bits per heavy atom. The van der Waals surface area contributed by atoms with Gasteiger partial charge in [-0.3, -0.25) is 0 Å². The van der Waals surface area contributed by atoms with Crippen LogP contribution in [-0.4, -0.2) is 14.5 Å². The molecule has 0 aromatic carbocycles. The largest absolute Gasteiger partial charge is 0.369 e. The summed E-state index contributed by atoms with van der Waals surface area (Å²) in [5.74, 6) is 0.503. The van der Waals surface area contributed by atoms with Crippen molar-refractivity contribution in [2.45, 2.75) is 0 Å². The highest BCUT2D eigenvalue weighted by Crippen LogP contribution is 2.28. The Bertz CT molecular complexity index is 416. The third kappa shape index (κ3) is 1.25. The molecule has 0 radical (unpaired) electrons. The Morgan fingerprint density at radius 1 is 1.62 bits per heavy atom. The summed E-state index contributed by atoms with van der Waals surface area (Å²) >= 11 is 3.43. The van der Waals surface area contributed by atoms with E-state index in [1.807, 2.05) is 25.5 Å². The average molecular weight is 241 g/mol. The van der Waals surface area contributed by atoms with Crippen molar-refractivity contribution < 1.29 is 0 Å². The maximum atomic E-state index is 5.66. The maximum Gasteiger partial charge on any atom is 0.201 e. The van der Waals surface area contributed by atoms with Gasteiger partial charge < -0.3 is 15.3 Å². The quantitative estimate of drug-likeness (QED) is 0.799. The average Bonchev–Trinajstić information content (AvgIpc) is 2.70. The second-order valence-corrected chi connectivity index (χ2v) is 3.52. The highest BCUT2D eigenvalue weighted by molar-refractivity contribution is 9.10. The fourth-order valence-corrected chi connectivity index (χ4v) is 1.65. The number of anilines is 1. The van der Waals surface area contributed by atoms with Crippen LogP contribution < -0.4 is 5.73 Å². The minimum absolute atomic E-state index is 0.503. The molecule has 2 heterocycles. The summed E-state index contributed by atoms with van der Waals surface area (Å²) in [5, 5.41) is 0. The van der Waals surface area contributed by atoms with Gasteiger partial charge >= 0.3 is 0 Å². The predicted molar refractivity (Wildman–Crippen MR) is 55.1 cm³/mol. The molecule has 0 aliphatic carbocycles. The Labute approximate surface area is 83.9 Å². The molecule has 4 nitrogen and oxygen atoms in total. The third-order valence-electron chi connectivity index (χ3n) is 1.93. The van der Waals surface area contributed by atoms with E-state index < -0.39 is 0 Å². The number of aromatic amines is 1. The molecule has 0 saturated carbocycles. The molecule has 0 aliphatic heterocycles. The van der Waals surface area contributed by atoms with Gasteiger partial charge in [0.15, 0.2) is 0 Å². The predicted octanol–water partition coefficient (Wildman–Crippen LogP) is 1.76. The van der Waals surface area contributed by atoms with Gasteiger partial charge in [0.25, 0.3) is 0 Å². The van der Waals surface area contributed by atoms with Crippen LogP contribution in [0, 0.1) is 0 Å². The van der Waals surface area contributed by atoms with Crippen LogP contribution in [0.2, 0.25) is 0 Å². The van der Waals surface area contributed by atoms with Gasteiger partial charge in [-0.05, 0) is 22.0 Å². The number of nitrogens with zero attached hydrogens (tertiary/aromatic N) is 2. The topological polar surface area (TPSA) is 59.6 Å². The van der Waals surface area contributed by atoms with E-state index in [4.69, 9.17) is 5.73 Å². The Balaban J connectivity index is 2.59. The molecule has 2 aromatic heterocycles. The molecule has 3 N–H and O–H groups in total. The summed E-state index contributed by atoms with van der Waals surface area (Å²) in [6.07, 6.45) is 3.74. The first-order valence-corrected chi connectivity index (χ1v) is 4.60. The normalized spacial score (nSPS) is 10.6. The number of nitrogens with one attached hydrogen (secondary N) is 1. The summed E-state index contributed by atoms with van der Waals surface area (Å²) in [6.45, 7) is 0. The minimum Gasteiger partial charge on any atom is -0.369 e. The summed E-state index contributed by atoms with van der Waals surface area (Å²) < 4.78 is 2.69. The Kier molecular flexibility index (Phi) is 1.88. The summed E-state index contributed by atoms with van der Waals surface area (Å²) in [6, 6.07) is 1.95. The zero-order chi connectivity index (χ0) is 9.42. The number of nitrogens with two attached hydrogens (primary N) is 1. The van der Waals surface area contributed by atoms with Crippen LogP contribution in [0.25, 0.3) is 11.3 Å². The first kappa shape index (κ1) is 8.37. The van der Waals surface area contributed by atoms with Crippen molar-refractivity contribution in [3.8, 4) is 11.3 Å². The van der Waals surface area contributed by atoms with E-state index in [1.165, 1.54) is 0 Å². The van der Waals surface area contributed by atoms with Crippen molar-refractivity contribution in [3.63, 3.8) is 0 Å². The molecule has 0 fully saturated rings. The summed E-state index contributed by atoms with van der Waals surface area (Å²) in [7, 11) is 1.86. The van der Waals surface area contributed by atoms with Gasteiger partial charge in [0.2, 0.25) is 5.95 Å². The van der Waals surface area contributed by atoms with Gasteiger partial charge in [-0.15, -0.1) is 0 Å². The van der Waals surface area contributed by atoms with E-state index in [0.717, 1.165) is 15.9 Å². The lowest BCUT2D eigenvalue weighted by atomic mass is 10.3. The zero-order valence-corrected chi connectivity index (χ0v) is 8.67. The number of hydrogen-bond donors (Lipinski definition) is 2. The number of imidazole rings is 1. The SMILES string of the molecule is Cn1c(N)nc(-c2cc[nH]c2)c1Br. The van der Waals surface area contributed by atoms with Gasteiger partial charge in [0.1, 0.15) is 10.3 Å². The number of aromatic nitrogens is 3. The highest BCUT2D eigenvalue weighted by atomic mass is 79.9. The molecule has 68 valence electrons. The molecule has 0 aliphatic rings. The van der Waals surface area contributed by atoms with Gasteiger partial charge in [0.05, 0.1) is 0 Å². The van der Waals surface area contributed by atoms with Crippen LogP contribution in [-0.2, 0) is 7.05 Å². The molecule has 0 saturated heterocycles. The fraction of sp³-hybridized carbons (Fsp3) is 0.125. The molecule has 2 aromatic rings. The Morgan fingerprint density at radius 2 is 2.38 bits per heavy atom. The standard InChI is InChI=1S/C8H9BrN4/c1-13-7(9)6(12-8(13)10)5-2-3-11-4-5/h2-4,11H,1H3,(H2,10,12). The lowest BCUT2D eigenvalue weighted by molar-refractivity contribution is 0.907. The van der Waals surface area contributed by atoms with Crippen LogP contribution >= 0.6 is 15.9 Å². The van der Waals surface area contributed by atoms with Crippen LogP contribution in [0.1, 0.15) is 0 Å². The van der Waals surface area contributed by atoms with Crippen molar-refractivity contribution in [1.29, 1.82) is 0 Å². The van der Waals surface area contributed by atoms with Gasteiger partial charge in [0, 0.05) is 25.0 Å². The third-order valence-corrected chi connectivity index (χ3v) is 2.84. The second kappa shape index (κ2) is 2.92. The van der Waals surface area contributed by atoms with Gasteiger partial charge in [-0.25, -0.2) is 4.98 Å². The van der Waals surface area contributed by atoms with Crippen LogP contribution in [0.3, 0.4) is 0 Å². The highest BCUT2D eigenvalue weighted by Gasteiger charge is 2.11. The van der Waals surface area contributed by atoms with E-state index in [0.29, 0.717) is 5.95 Å². The molecule has 0 bridgehead atoms. The number of hydrogen-bond acceptors (Lipinski definition) is 2. The molecular weight excluding hydrogens is 232 g/mol. The van der Waals surface area contributed by atoms with E-state index in [2.05, 4.69) is 25.9 Å².